The molecule has 152 valence electrons. The zero-order valence-electron chi connectivity index (χ0n) is 15.6. The van der Waals surface area contributed by atoms with Crippen molar-refractivity contribution in [2.75, 3.05) is 6.61 Å². The van der Waals surface area contributed by atoms with Crippen LogP contribution in [0.25, 0.3) is 11.1 Å². The third-order valence-corrected chi connectivity index (χ3v) is 5.47. The highest BCUT2D eigenvalue weighted by Crippen LogP contribution is 2.34. The van der Waals surface area contributed by atoms with Crippen LogP contribution >= 0.6 is 0 Å². The van der Waals surface area contributed by atoms with Gasteiger partial charge in [0.25, 0.3) is 0 Å². The maximum absolute atomic E-state index is 14.5. The van der Waals surface area contributed by atoms with Crippen LogP contribution in [0.3, 0.4) is 0 Å². The second-order valence-electron chi connectivity index (χ2n) is 7.46. The summed E-state index contributed by atoms with van der Waals surface area (Å²) in [6.07, 6.45) is -5.93. The van der Waals surface area contributed by atoms with E-state index in [4.69, 9.17) is 4.74 Å². The van der Waals surface area contributed by atoms with E-state index in [0.29, 0.717) is 17.5 Å². The summed E-state index contributed by atoms with van der Waals surface area (Å²) in [5.41, 5.74) is 3.99. The van der Waals surface area contributed by atoms with Crippen LogP contribution < -0.4 is 0 Å². The van der Waals surface area contributed by atoms with Gasteiger partial charge in [-0.2, -0.15) is 0 Å². The second kappa shape index (κ2) is 8.18. The number of ether oxygens (including phenoxy) is 1. The summed E-state index contributed by atoms with van der Waals surface area (Å²) in [4.78, 5) is 0. The van der Waals surface area contributed by atoms with Gasteiger partial charge in [0.15, 0.2) is 0 Å². The van der Waals surface area contributed by atoms with Crippen molar-refractivity contribution >= 4 is 0 Å². The number of benzene rings is 1. The molecule has 5 atom stereocenters. The zero-order valence-corrected chi connectivity index (χ0v) is 15.6. The Balaban J connectivity index is 1.63. The molecular weight excluding hydrogens is 375 g/mol. The largest absolute Gasteiger partial charge is 0.394 e. The van der Waals surface area contributed by atoms with Crippen molar-refractivity contribution in [2.24, 2.45) is 0 Å². The molecule has 0 radical (unpaired) electrons. The molecule has 2 aliphatic carbocycles. The highest BCUT2D eigenvalue weighted by molar-refractivity contribution is 5.68. The molecule has 1 aliphatic heterocycles. The lowest BCUT2D eigenvalue weighted by Gasteiger charge is -2.40. The molecule has 1 heterocycles. The van der Waals surface area contributed by atoms with E-state index in [2.05, 4.69) is 0 Å². The normalized spacial score (nSPS) is 27.3. The number of halogens is 1. The first kappa shape index (κ1) is 19.9. The SMILES string of the molecule is OC[C@H]1O[C@@H](c2ccc(F)c(Cc3cc4cccccc-4c3)c2)[C@H](O)[C@@H](O)[C@@H]1O. The zero-order chi connectivity index (χ0) is 20.5. The van der Waals surface area contributed by atoms with Gasteiger partial charge < -0.3 is 25.2 Å². The Labute approximate surface area is 168 Å². The molecular formula is C23H23FO5. The quantitative estimate of drug-likeness (QED) is 0.540. The standard InChI is InChI=1S/C23H23FO5/c24-18-7-6-16(23-22(28)21(27)20(26)19(12-25)29-23)11-17(18)10-13-8-14-4-2-1-3-5-15(14)9-13/h1-9,11,19-23,25-28H,10,12H2/t19-,20-,21+,22-,23+/m1/s1. The van der Waals surface area contributed by atoms with Crippen molar-refractivity contribution in [3.8, 4) is 11.1 Å². The maximum atomic E-state index is 14.5. The molecule has 0 unspecified atom stereocenters. The van der Waals surface area contributed by atoms with E-state index < -0.39 is 37.1 Å². The molecule has 1 fully saturated rings. The first-order valence-corrected chi connectivity index (χ1v) is 9.54. The smallest absolute Gasteiger partial charge is 0.126 e. The van der Waals surface area contributed by atoms with Crippen molar-refractivity contribution < 1.29 is 29.6 Å². The number of fused-ring (bicyclic) bond motifs is 1. The lowest BCUT2D eigenvalue weighted by Crippen LogP contribution is -2.55. The molecule has 4 N–H and O–H groups in total. The molecule has 1 aromatic rings. The summed E-state index contributed by atoms with van der Waals surface area (Å²) >= 11 is 0. The lowest BCUT2D eigenvalue weighted by molar-refractivity contribution is -0.231. The van der Waals surface area contributed by atoms with Gasteiger partial charge in [0.05, 0.1) is 6.61 Å². The van der Waals surface area contributed by atoms with E-state index in [9.17, 15) is 24.8 Å². The van der Waals surface area contributed by atoms with E-state index in [-0.39, 0.29) is 5.82 Å². The van der Waals surface area contributed by atoms with Crippen molar-refractivity contribution in [3.05, 3.63) is 83.2 Å². The molecule has 1 saturated heterocycles. The van der Waals surface area contributed by atoms with Crippen molar-refractivity contribution in [3.63, 3.8) is 0 Å². The molecule has 0 bridgehead atoms. The summed E-state index contributed by atoms with van der Waals surface area (Å²) in [5, 5.41) is 39.7. The topological polar surface area (TPSA) is 90.2 Å². The molecule has 4 rings (SSSR count). The Morgan fingerprint density at radius 3 is 2.17 bits per heavy atom. The molecule has 5 nitrogen and oxygen atoms in total. The number of hydrogen-bond acceptors (Lipinski definition) is 5. The summed E-state index contributed by atoms with van der Waals surface area (Å²) in [6, 6.07) is 18.2. The second-order valence-corrected chi connectivity index (χ2v) is 7.46. The number of rotatable bonds is 4. The average molecular weight is 398 g/mol. The van der Waals surface area contributed by atoms with Gasteiger partial charge in [0.1, 0.15) is 36.3 Å². The van der Waals surface area contributed by atoms with E-state index in [1.165, 1.54) is 12.1 Å². The lowest BCUT2D eigenvalue weighted by atomic mass is 9.90. The van der Waals surface area contributed by atoms with Gasteiger partial charge in [-0.05, 0) is 39.9 Å². The number of aliphatic hydroxyl groups excluding tert-OH is 4. The van der Waals surface area contributed by atoms with Crippen LogP contribution in [-0.4, -0.2) is 51.4 Å². The fraction of sp³-hybridized carbons (Fsp3) is 0.304. The first-order chi connectivity index (χ1) is 14.0. The van der Waals surface area contributed by atoms with Crippen molar-refractivity contribution in [1.82, 2.24) is 0 Å². The average Bonchev–Trinajstić information content (AvgIpc) is 2.96. The van der Waals surface area contributed by atoms with E-state index in [1.54, 1.807) is 6.07 Å². The summed E-state index contributed by atoms with van der Waals surface area (Å²) < 4.78 is 20.1. The van der Waals surface area contributed by atoms with Crippen LogP contribution in [0, 0.1) is 5.82 Å². The number of hydrogen-bond donors (Lipinski definition) is 4. The van der Waals surface area contributed by atoms with Gasteiger partial charge in [-0.15, -0.1) is 0 Å². The highest BCUT2D eigenvalue weighted by atomic mass is 19.1. The Hall–Kier alpha value is -2.35. The Bertz CT molecular complexity index is 929. The van der Waals surface area contributed by atoms with Crippen LogP contribution in [0.1, 0.15) is 22.8 Å². The molecule has 29 heavy (non-hydrogen) atoms. The predicted molar refractivity (Wildman–Crippen MR) is 105 cm³/mol. The van der Waals surface area contributed by atoms with Crippen LogP contribution in [0.4, 0.5) is 4.39 Å². The van der Waals surface area contributed by atoms with Gasteiger partial charge in [0.2, 0.25) is 0 Å². The summed E-state index contributed by atoms with van der Waals surface area (Å²) in [6.45, 7) is -0.507. The molecule has 1 aromatic carbocycles. The maximum Gasteiger partial charge on any atom is 0.126 e. The van der Waals surface area contributed by atoms with Gasteiger partial charge in [-0.25, -0.2) is 4.39 Å². The van der Waals surface area contributed by atoms with Crippen molar-refractivity contribution in [1.29, 1.82) is 0 Å². The van der Waals surface area contributed by atoms with Gasteiger partial charge >= 0.3 is 0 Å². The molecule has 0 aromatic heterocycles. The van der Waals surface area contributed by atoms with Crippen LogP contribution in [0.2, 0.25) is 0 Å². The monoisotopic (exact) mass is 398 g/mol. The van der Waals surface area contributed by atoms with Gasteiger partial charge in [-0.3, -0.25) is 0 Å². The fourth-order valence-electron chi connectivity index (χ4n) is 3.89. The Kier molecular flexibility index (Phi) is 5.63. The van der Waals surface area contributed by atoms with Crippen LogP contribution in [0.5, 0.6) is 0 Å². The fourth-order valence-corrected chi connectivity index (χ4v) is 3.89. The van der Waals surface area contributed by atoms with Crippen molar-refractivity contribution in [2.45, 2.75) is 36.9 Å². The molecule has 0 saturated carbocycles. The Morgan fingerprint density at radius 2 is 1.52 bits per heavy atom. The van der Waals surface area contributed by atoms with E-state index in [1.807, 2.05) is 42.5 Å². The minimum Gasteiger partial charge on any atom is -0.394 e. The third kappa shape index (κ3) is 3.90. The van der Waals surface area contributed by atoms with E-state index >= 15 is 0 Å². The molecule has 3 aliphatic rings. The molecule has 6 heteroatoms. The highest BCUT2D eigenvalue weighted by Gasteiger charge is 2.44. The van der Waals surface area contributed by atoms with Crippen LogP contribution in [0.15, 0.2) is 60.7 Å². The molecule has 0 spiro atoms. The first-order valence-electron chi connectivity index (χ1n) is 9.54. The predicted octanol–water partition coefficient (Wildman–Crippen LogP) is 2.04. The summed E-state index contributed by atoms with van der Waals surface area (Å²) in [7, 11) is 0. The molecule has 0 amide bonds. The minimum atomic E-state index is -1.47. The van der Waals surface area contributed by atoms with Crippen LogP contribution in [-0.2, 0) is 11.2 Å². The third-order valence-electron chi connectivity index (χ3n) is 5.47. The minimum absolute atomic E-state index is 0.357. The Morgan fingerprint density at radius 1 is 0.828 bits per heavy atom. The van der Waals surface area contributed by atoms with E-state index in [0.717, 1.165) is 16.7 Å². The number of aliphatic hydroxyl groups is 4. The van der Waals surface area contributed by atoms with Gasteiger partial charge in [0, 0.05) is 6.42 Å². The summed E-state index contributed by atoms with van der Waals surface area (Å²) in [5.74, 6) is -0.380. The van der Waals surface area contributed by atoms with Gasteiger partial charge in [-0.1, -0.05) is 48.5 Å².